The summed E-state index contributed by atoms with van der Waals surface area (Å²) in [6.45, 7) is 3.82. The average Bonchev–Trinajstić information content (AvgIpc) is 2.67. The van der Waals surface area contributed by atoms with Gasteiger partial charge < -0.3 is 19.5 Å². The van der Waals surface area contributed by atoms with E-state index in [4.69, 9.17) is 14.2 Å². The van der Waals surface area contributed by atoms with Gasteiger partial charge in [-0.1, -0.05) is 13.8 Å². The van der Waals surface area contributed by atoms with Gasteiger partial charge in [-0.05, 0) is 36.2 Å². The second-order valence-electron chi connectivity index (χ2n) is 6.32. The van der Waals surface area contributed by atoms with Gasteiger partial charge in [0.25, 0.3) is 5.91 Å². The minimum absolute atomic E-state index is 0.151. The van der Waals surface area contributed by atoms with E-state index in [0.717, 1.165) is 18.2 Å². The second-order valence-corrected chi connectivity index (χ2v) is 6.32. The molecular weight excluding hydrogens is 372 g/mol. The van der Waals surface area contributed by atoms with Crippen molar-refractivity contribution in [2.45, 2.75) is 13.8 Å². The van der Waals surface area contributed by atoms with Gasteiger partial charge in [-0.15, -0.1) is 0 Å². The molecule has 0 heterocycles. The van der Waals surface area contributed by atoms with Gasteiger partial charge in [-0.25, -0.2) is 13.6 Å². The van der Waals surface area contributed by atoms with Crippen LogP contribution in [0.5, 0.6) is 11.5 Å². The Morgan fingerprint density at radius 1 is 1.07 bits per heavy atom. The fraction of sp³-hybridized carbons (Fsp3) is 0.300. The Bertz CT molecular complexity index is 854. The predicted octanol–water partition coefficient (Wildman–Crippen LogP) is 3.80. The molecule has 0 radical (unpaired) electrons. The van der Waals surface area contributed by atoms with Crippen LogP contribution < -0.4 is 14.8 Å². The predicted molar refractivity (Wildman–Crippen MR) is 98.6 cm³/mol. The largest absolute Gasteiger partial charge is 0.493 e. The molecule has 8 heteroatoms. The van der Waals surface area contributed by atoms with Crippen LogP contribution >= 0.6 is 0 Å². The molecule has 0 aliphatic rings. The van der Waals surface area contributed by atoms with Crippen molar-refractivity contribution in [3.63, 3.8) is 0 Å². The van der Waals surface area contributed by atoms with Crippen molar-refractivity contribution in [1.82, 2.24) is 0 Å². The highest BCUT2D eigenvalue weighted by atomic mass is 19.1. The first kappa shape index (κ1) is 21.1. The molecule has 0 saturated carbocycles. The van der Waals surface area contributed by atoms with Gasteiger partial charge in [0, 0.05) is 6.07 Å². The van der Waals surface area contributed by atoms with E-state index >= 15 is 0 Å². The van der Waals surface area contributed by atoms with E-state index in [9.17, 15) is 18.4 Å². The molecule has 2 aromatic carbocycles. The number of anilines is 1. The Hall–Kier alpha value is -3.16. The minimum Gasteiger partial charge on any atom is -0.493 e. The molecule has 0 atom stereocenters. The van der Waals surface area contributed by atoms with Crippen LogP contribution in [-0.2, 0) is 9.53 Å². The van der Waals surface area contributed by atoms with E-state index < -0.39 is 30.1 Å². The molecule has 0 aliphatic heterocycles. The van der Waals surface area contributed by atoms with Gasteiger partial charge in [0.15, 0.2) is 18.1 Å². The van der Waals surface area contributed by atoms with Crippen molar-refractivity contribution in [2.75, 3.05) is 25.6 Å². The summed E-state index contributed by atoms with van der Waals surface area (Å²) in [5.41, 5.74) is -0.187. The number of hydrogen-bond acceptors (Lipinski definition) is 5. The zero-order chi connectivity index (χ0) is 20.7. The molecule has 0 aromatic heterocycles. The van der Waals surface area contributed by atoms with Crippen molar-refractivity contribution >= 4 is 17.6 Å². The number of nitrogens with one attached hydrogen (secondary N) is 1. The normalized spacial score (nSPS) is 10.5. The number of methoxy groups -OCH3 is 1. The lowest BCUT2D eigenvalue weighted by atomic mass is 10.2. The molecule has 2 aromatic rings. The summed E-state index contributed by atoms with van der Waals surface area (Å²) in [4.78, 5) is 24.0. The number of amides is 1. The lowest BCUT2D eigenvalue weighted by molar-refractivity contribution is -0.119. The van der Waals surface area contributed by atoms with Crippen molar-refractivity contribution < 1.29 is 32.6 Å². The summed E-state index contributed by atoms with van der Waals surface area (Å²) >= 11 is 0. The van der Waals surface area contributed by atoms with Gasteiger partial charge in [0.2, 0.25) is 0 Å². The Balaban J connectivity index is 1.96. The zero-order valence-corrected chi connectivity index (χ0v) is 15.8. The summed E-state index contributed by atoms with van der Waals surface area (Å²) in [6, 6.07) is 7.11. The number of hydrogen-bond donors (Lipinski definition) is 1. The number of esters is 1. The monoisotopic (exact) mass is 393 g/mol. The highest BCUT2D eigenvalue weighted by Gasteiger charge is 2.15. The molecule has 0 fully saturated rings. The zero-order valence-electron chi connectivity index (χ0n) is 15.8. The van der Waals surface area contributed by atoms with E-state index in [0.29, 0.717) is 24.0 Å². The fourth-order valence-corrected chi connectivity index (χ4v) is 2.16. The number of carbonyl (C=O) groups excluding carboxylic acids is 2. The summed E-state index contributed by atoms with van der Waals surface area (Å²) in [5, 5.41) is 2.14. The van der Waals surface area contributed by atoms with Crippen molar-refractivity contribution in [1.29, 1.82) is 0 Å². The molecular formula is C20H21F2NO5. The maximum Gasteiger partial charge on any atom is 0.338 e. The van der Waals surface area contributed by atoms with Gasteiger partial charge in [0.05, 0.1) is 25.0 Å². The molecule has 0 saturated heterocycles. The van der Waals surface area contributed by atoms with Crippen molar-refractivity contribution in [2.24, 2.45) is 5.92 Å². The number of halogens is 2. The third-order valence-electron chi connectivity index (χ3n) is 3.51. The molecule has 28 heavy (non-hydrogen) atoms. The van der Waals surface area contributed by atoms with Crippen molar-refractivity contribution in [3.05, 3.63) is 53.6 Å². The summed E-state index contributed by atoms with van der Waals surface area (Å²) in [6.07, 6.45) is 0. The molecule has 0 unspecified atom stereocenters. The molecule has 6 nitrogen and oxygen atoms in total. The first-order valence-corrected chi connectivity index (χ1v) is 8.53. The first-order chi connectivity index (χ1) is 13.3. The second kappa shape index (κ2) is 9.68. The maximum absolute atomic E-state index is 13.5. The van der Waals surface area contributed by atoms with Crippen molar-refractivity contribution in [3.8, 4) is 11.5 Å². The molecule has 1 amide bonds. The third-order valence-corrected chi connectivity index (χ3v) is 3.51. The smallest absolute Gasteiger partial charge is 0.338 e. The number of ether oxygens (including phenoxy) is 3. The topological polar surface area (TPSA) is 73.9 Å². The van der Waals surface area contributed by atoms with E-state index in [2.05, 4.69) is 5.32 Å². The molecule has 0 aliphatic carbocycles. The number of rotatable bonds is 8. The van der Waals surface area contributed by atoms with Crippen LogP contribution in [0.2, 0.25) is 0 Å². The average molecular weight is 393 g/mol. The quantitative estimate of drug-likeness (QED) is 0.691. The Labute approximate surface area is 161 Å². The lowest BCUT2D eigenvalue weighted by Crippen LogP contribution is -2.21. The number of benzene rings is 2. The van der Waals surface area contributed by atoms with Crippen LogP contribution in [0.1, 0.15) is 24.2 Å². The third kappa shape index (κ3) is 5.94. The maximum atomic E-state index is 13.5. The molecule has 1 N–H and O–H groups in total. The molecule has 0 bridgehead atoms. The minimum atomic E-state index is -0.804. The molecule has 2 rings (SSSR count). The molecule has 0 spiro atoms. The van der Waals surface area contributed by atoms with Gasteiger partial charge in [0.1, 0.15) is 11.6 Å². The Morgan fingerprint density at radius 2 is 1.82 bits per heavy atom. The molecule has 150 valence electrons. The Morgan fingerprint density at radius 3 is 2.50 bits per heavy atom. The van der Waals surface area contributed by atoms with Gasteiger partial charge >= 0.3 is 5.97 Å². The van der Waals surface area contributed by atoms with Gasteiger partial charge in [-0.2, -0.15) is 0 Å². The van der Waals surface area contributed by atoms with Gasteiger partial charge in [-0.3, -0.25) is 4.79 Å². The SMILES string of the molecule is COc1cc(C(=O)OCC(=O)Nc2cc(F)ccc2F)ccc1OCC(C)C. The van der Waals surface area contributed by atoms with E-state index in [1.54, 1.807) is 6.07 Å². The van der Waals surface area contributed by atoms with Crippen LogP contribution in [0.15, 0.2) is 36.4 Å². The highest BCUT2D eigenvalue weighted by molar-refractivity contribution is 5.95. The Kier molecular flexibility index (Phi) is 7.31. The van der Waals surface area contributed by atoms with Crippen LogP contribution in [-0.4, -0.2) is 32.2 Å². The van der Waals surface area contributed by atoms with E-state index in [1.165, 1.54) is 19.2 Å². The van der Waals surface area contributed by atoms with Crippen LogP contribution in [0.25, 0.3) is 0 Å². The summed E-state index contributed by atoms with van der Waals surface area (Å²) in [7, 11) is 1.44. The highest BCUT2D eigenvalue weighted by Crippen LogP contribution is 2.28. The summed E-state index contributed by atoms with van der Waals surface area (Å²) in [5.74, 6) is -1.95. The fourth-order valence-electron chi connectivity index (χ4n) is 2.16. The number of carbonyl (C=O) groups is 2. The first-order valence-electron chi connectivity index (χ1n) is 8.53. The summed E-state index contributed by atoms with van der Waals surface area (Å²) < 4.78 is 42.3. The van der Waals surface area contributed by atoms with E-state index in [1.807, 2.05) is 13.8 Å². The van der Waals surface area contributed by atoms with Crippen LogP contribution in [0.3, 0.4) is 0 Å². The van der Waals surface area contributed by atoms with Crippen LogP contribution in [0, 0.1) is 17.6 Å². The standard InChI is InChI=1S/C20H21F2NO5/c1-12(2)10-27-17-7-4-13(8-18(17)26-3)20(25)28-11-19(24)23-16-9-14(21)5-6-15(16)22/h4-9,12H,10-11H2,1-3H3,(H,23,24). The van der Waals surface area contributed by atoms with Crippen LogP contribution in [0.4, 0.5) is 14.5 Å². The lowest BCUT2D eigenvalue weighted by Gasteiger charge is -2.13. The van der Waals surface area contributed by atoms with E-state index in [-0.39, 0.29) is 11.3 Å².